The summed E-state index contributed by atoms with van der Waals surface area (Å²) in [6.45, 7) is 3.70. The van der Waals surface area contributed by atoms with Crippen molar-refractivity contribution in [3.05, 3.63) is 88.7 Å². The van der Waals surface area contributed by atoms with Crippen LogP contribution in [0.4, 0.5) is 23.2 Å². The van der Waals surface area contributed by atoms with Crippen LogP contribution >= 0.6 is 0 Å². The lowest BCUT2D eigenvalue weighted by atomic mass is 10.00. The van der Waals surface area contributed by atoms with E-state index in [1.807, 2.05) is 0 Å². The van der Waals surface area contributed by atoms with E-state index in [4.69, 9.17) is 0 Å². The Hall–Kier alpha value is -4.21. The molecule has 0 radical (unpaired) electrons. The summed E-state index contributed by atoms with van der Waals surface area (Å²) in [5.74, 6) is -4.00. The minimum absolute atomic E-state index is 0.207. The van der Waals surface area contributed by atoms with E-state index in [2.05, 4.69) is 5.32 Å². The number of fused-ring (bicyclic) bond motifs is 1. The third-order valence-corrected chi connectivity index (χ3v) is 6.17. The van der Waals surface area contributed by atoms with Crippen molar-refractivity contribution in [3.8, 4) is 11.1 Å². The van der Waals surface area contributed by atoms with Crippen LogP contribution in [-0.2, 0) is 17.5 Å². The number of carboxylic acids is 1. The number of rotatable bonds is 6. The average molecular weight is 514 g/mol. The molecule has 3 aromatic carbocycles. The number of alkyl halides is 3. The number of halogens is 4. The standard InChI is InChI=1S/C27H22F4N2O4/c1-14(2)23(26(36)37)33-13-18-4-3-16(11-20(18)25(33)35)15-5-8-19(9-6-15)32-24(34)17-7-10-21(22(28)12-17)27(29,30)31/h3-12,14,23H,13H2,1-2H3,(H,32,34)(H,36,37). The van der Waals surface area contributed by atoms with Crippen LogP contribution in [0.1, 0.15) is 45.7 Å². The minimum Gasteiger partial charge on any atom is -0.480 e. The highest BCUT2D eigenvalue weighted by atomic mass is 19.4. The molecule has 192 valence electrons. The van der Waals surface area contributed by atoms with Gasteiger partial charge in [0.15, 0.2) is 0 Å². The predicted octanol–water partition coefficient (Wildman–Crippen LogP) is 5.83. The molecule has 0 saturated carbocycles. The largest absolute Gasteiger partial charge is 0.480 e. The number of amides is 2. The van der Waals surface area contributed by atoms with E-state index in [0.29, 0.717) is 34.5 Å². The van der Waals surface area contributed by atoms with Crippen LogP contribution in [0.5, 0.6) is 0 Å². The number of nitrogens with zero attached hydrogens (tertiary/aromatic N) is 1. The molecular formula is C27H22F4N2O4. The molecule has 3 aromatic rings. The Morgan fingerprint density at radius 1 is 0.973 bits per heavy atom. The van der Waals surface area contributed by atoms with E-state index >= 15 is 0 Å². The van der Waals surface area contributed by atoms with Crippen molar-refractivity contribution in [3.63, 3.8) is 0 Å². The van der Waals surface area contributed by atoms with Gasteiger partial charge in [0.1, 0.15) is 11.9 Å². The summed E-state index contributed by atoms with van der Waals surface area (Å²) in [5.41, 5.74) is 1.18. The van der Waals surface area contributed by atoms with Gasteiger partial charge < -0.3 is 15.3 Å². The normalized spacial score (nSPS) is 14.0. The Labute approximate surface area is 209 Å². The monoisotopic (exact) mass is 514 g/mol. The topological polar surface area (TPSA) is 86.7 Å². The van der Waals surface area contributed by atoms with Gasteiger partial charge in [-0.25, -0.2) is 9.18 Å². The van der Waals surface area contributed by atoms with Gasteiger partial charge in [0.25, 0.3) is 11.8 Å². The van der Waals surface area contributed by atoms with Crippen molar-refractivity contribution < 1.29 is 37.1 Å². The van der Waals surface area contributed by atoms with Gasteiger partial charge >= 0.3 is 12.1 Å². The summed E-state index contributed by atoms with van der Waals surface area (Å²) >= 11 is 0. The maximum atomic E-state index is 13.8. The van der Waals surface area contributed by atoms with Crippen molar-refractivity contribution >= 4 is 23.5 Å². The van der Waals surface area contributed by atoms with Gasteiger partial charge in [-0.15, -0.1) is 0 Å². The van der Waals surface area contributed by atoms with Crippen molar-refractivity contribution in [2.24, 2.45) is 5.92 Å². The van der Waals surface area contributed by atoms with Crippen LogP contribution in [0.3, 0.4) is 0 Å². The second kappa shape index (κ2) is 9.68. The van der Waals surface area contributed by atoms with Crippen LogP contribution < -0.4 is 5.32 Å². The van der Waals surface area contributed by atoms with Crippen LogP contribution in [0, 0.1) is 11.7 Å². The highest BCUT2D eigenvalue weighted by molar-refractivity contribution is 6.04. The van der Waals surface area contributed by atoms with Crippen LogP contribution in [-0.4, -0.2) is 33.8 Å². The summed E-state index contributed by atoms with van der Waals surface area (Å²) < 4.78 is 52.0. The maximum Gasteiger partial charge on any atom is 0.419 e. The molecule has 0 aromatic heterocycles. The number of benzene rings is 3. The van der Waals surface area contributed by atoms with Gasteiger partial charge in [0.05, 0.1) is 5.56 Å². The molecule has 2 N–H and O–H groups in total. The number of aliphatic carboxylic acids is 1. The molecule has 1 aliphatic rings. The van der Waals surface area contributed by atoms with Gasteiger partial charge in [-0.2, -0.15) is 13.2 Å². The van der Waals surface area contributed by atoms with Crippen molar-refractivity contribution in [1.29, 1.82) is 0 Å². The van der Waals surface area contributed by atoms with E-state index in [0.717, 1.165) is 11.6 Å². The van der Waals surface area contributed by atoms with Crippen molar-refractivity contribution in [2.75, 3.05) is 5.32 Å². The zero-order chi connectivity index (χ0) is 27.1. The molecule has 1 unspecified atom stereocenters. The first-order valence-corrected chi connectivity index (χ1v) is 11.3. The number of hydrogen-bond acceptors (Lipinski definition) is 3. The Kier molecular flexibility index (Phi) is 6.77. The second-order valence-corrected chi connectivity index (χ2v) is 9.06. The molecule has 2 amide bonds. The van der Waals surface area contributed by atoms with E-state index < -0.39 is 35.5 Å². The lowest BCUT2D eigenvalue weighted by Gasteiger charge is -2.27. The van der Waals surface area contributed by atoms with Crippen molar-refractivity contribution in [2.45, 2.75) is 32.6 Å². The molecule has 37 heavy (non-hydrogen) atoms. The van der Waals surface area contributed by atoms with E-state index in [-0.39, 0.29) is 23.9 Å². The quantitative estimate of drug-likeness (QED) is 0.406. The molecule has 4 rings (SSSR count). The Bertz CT molecular complexity index is 1380. The summed E-state index contributed by atoms with van der Waals surface area (Å²) in [4.78, 5) is 38.4. The third kappa shape index (κ3) is 5.18. The molecule has 0 aliphatic carbocycles. The second-order valence-electron chi connectivity index (χ2n) is 9.06. The number of carboxylic acid groups (broad SMARTS) is 1. The van der Waals surface area contributed by atoms with E-state index in [1.54, 1.807) is 56.3 Å². The van der Waals surface area contributed by atoms with E-state index in [9.17, 15) is 37.1 Å². The fourth-order valence-electron chi connectivity index (χ4n) is 4.34. The Morgan fingerprint density at radius 3 is 2.19 bits per heavy atom. The molecule has 0 saturated heterocycles. The van der Waals surface area contributed by atoms with Crippen molar-refractivity contribution in [1.82, 2.24) is 4.90 Å². The zero-order valence-corrected chi connectivity index (χ0v) is 19.8. The molecule has 0 spiro atoms. The minimum atomic E-state index is -4.86. The number of nitrogens with one attached hydrogen (secondary N) is 1. The van der Waals surface area contributed by atoms with Gasteiger partial charge in [0.2, 0.25) is 0 Å². The Morgan fingerprint density at radius 2 is 1.62 bits per heavy atom. The van der Waals surface area contributed by atoms with E-state index in [1.165, 1.54) is 4.90 Å². The average Bonchev–Trinajstić information content (AvgIpc) is 3.13. The SMILES string of the molecule is CC(C)C(C(=O)O)N1Cc2ccc(-c3ccc(NC(=O)c4ccc(C(F)(F)F)c(F)c4)cc3)cc2C1=O. The molecule has 1 aliphatic heterocycles. The summed E-state index contributed by atoms with van der Waals surface area (Å²) in [7, 11) is 0. The molecule has 6 nitrogen and oxygen atoms in total. The lowest BCUT2D eigenvalue weighted by molar-refractivity contribution is -0.144. The van der Waals surface area contributed by atoms with Crippen LogP contribution in [0.15, 0.2) is 60.7 Å². The van der Waals surface area contributed by atoms with Gasteiger partial charge in [-0.1, -0.05) is 38.1 Å². The van der Waals surface area contributed by atoms with Crippen LogP contribution in [0.2, 0.25) is 0 Å². The van der Waals surface area contributed by atoms with Crippen LogP contribution in [0.25, 0.3) is 11.1 Å². The predicted molar refractivity (Wildman–Crippen MR) is 127 cm³/mol. The smallest absolute Gasteiger partial charge is 0.419 e. The zero-order valence-electron chi connectivity index (χ0n) is 19.8. The molecule has 0 fully saturated rings. The van der Waals surface area contributed by atoms with Gasteiger partial charge in [-0.05, 0) is 59.0 Å². The maximum absolute atomic E-state index is 13.8. The number of carbonyl (C=O) groups excluding carboxylic acids is 2. The molecule has 10 heteroatoms. The number of anilines is 1. The Balaban J connectivity index is 1.50. The number of carbonyl (C=O) groups is 3. The fraction of sp³-hybridized carbons (Fsp3) is 0.222. The summed E-state index contributed by atoms with van der Waals surface area (Å²) in [6.07, 6.45) is -4.86. The molecule has 0 bridgehead atoms. The molecule has 1 heterocycles. The highest BCUT2D eigenvalue weighted by Crippen LogP contribution is 2.33. The molecular weight excluding hydrogens is 492 g/mol. The first kappa shape index (κ1) is 25.9. The van der Waals surface area contributed by atoms with Gasteiger partial charge in [0, 0.05) is 23.4 Å². The summed E-state index contributed by atoms with van der Waals surface area (Å²) in [5, 5.41) is 12.1. The van der Waals surface area contributed by atoms with Gasteiger partial charge in [-0.3, -0.25) is 9.59 Å². The first-order chi connectivity index (χ1) is 17.4. The molecule has 1 atom stereocenters. The lowest BCUT2D eigenvalue weighted by Crippen LogP contribution is -2.44. The fourth-order valence-corrected chi connectivity index (χ4v) is 4.34. The first-order valence-electron chi connectivity index (χ1n) is 11.3. The number of hydrogen-bond donors (Lipinski definition) is 2. The summed E-state index contributed by atoms with van der Waals surface area (Å²) in [6, 6.07) is 12.8. The highest BCUT2D eigenvalue weighted by Gasteiger charge is 2.38. The third-order valence-electron chi connectivity index (χ3n) is 6.17.